The summed E-state index contributed by atoms with van der Waals surface area (Å²) in [6.07, 6.45) is 4.38. The molecule has 0 bridgehead atoms. The zero-order chi connectivity index (χ0) is 18.8. The Labute approximate surface area is 168 Å². The summed E-state index contributed by atoms with van der Waals surface area (Å²) >= 11 is 9.89. The van der Waals surface area contributed by atoms with Crippen molar-refractivity contribution in [2.75, 3.05) is 19.6 Å². The quantitative estimate of drug-likeness (QED) is 0.695. The Balaban J connectivity index is 1.77. The Morgan fingerprint density at radius 3 is 2.65 bits per heavy atom. The predicted molar refractivity (Wildman–Crippen MR) is 104 cm³/mol. The largest absolute Gasteiger partial charge is 0.506 e. The first-order chi connectivity index (χ1) is 12.4. The highest BCUT2D eigenvalue weighted by molar-refractivity contribution is 9.10. The topological polar surface area (TPSA) is 77.9 Å². The molecule has 2 heterocycles. The third-order valence-electron chi connectivity index (χ3n) is 4.22. The zero-order valence-electron chi connectivity index (χ0n) is 13.7. The van der Waals surface area contributed by atoms with Gasteiger partial charge in [-0.2, -0.15) is 0 Å². The van der Waals surface area contributed by atoms with Crippen LogP contribution >= 0.6 is 39.3 Å². The lowest BCUT2D eigenvalue weighted by atomic mass is 10.1. The monoisotopic (exact) mass is 458 g/mol. The average Bonchev–Trinajstić information content (AvgIpc) is 2.87. The van der Waals surface area contributed by atoms with Gasteiger partial charge in [0.05, 0.1) is 9.38 Å². The minimum absolute atomic E-state index is 0.0782. The van der Waals surface area contributed by atoms with Gasteiger partial charge in [-0.15, -0.1) is 0 Å². The SMILES string of the molecule is O=C(CN1C(=O)S/C(=C\c2cc(Cl)cc(Br)c2O)C1=O)N1CCCCC1. The van der Waals surface area contributed by atoms with Gasteiger partial charge in [0.15, 0.2) is 0 Å². The van der Waals surface area contributed by atoms with E-state index in [2.05, 4.69) is 15.9 Å². The molecule has 2 fully saturated rings. The van der Waals surface area contributed by atoms with E-state index in [9.17, 15) is 19.5 Å². The van der Waals surface area contributed by atoms with Crippen molar-refractivity contribution in [3.05, 3.63) is 32.1 Å². The lowest BCUT2D eigenvalue weighted by Crippen LogP contribution is -2.44. The van der Waals surface area contributed by atoms with E-state index >= 15 is 0 Å². The minimum Gasteiger partial charge on any atom is -0.506 e. The summed E-state index contributed by atoms with van der Waals surface area (Å²) in [5.41, 5.74) is 0.317. The number of halogens is 2. The van der Waals surface area contributed by atoms with Crippen LogP contribution in [0.3, 0.4) is 0 Å². The van der Waals surface area contributed by atoms with Crippen molar-refractivity contribution in [3.63, 3.8) is 0 Å². The molecule has 2 aliphatic rings. The number of nitrogens with zero attached hydrogens (tertiary/aromatic N) is 2. The maximum atomic E-state index is 12.5. The van der Waals surface area contributed by atoms with Gasteiger partial charge in [0.25, 0.3) is 11.1 Å². The van der Waals surface area contributed by atoms with Crippen LogP contribution in [-0.4, -0.2) is 51.6 Å². The van der Waals surface area contributed by atoms with E-state index in [0.717, 1.165) is 35.9 Å². The second-order valence-corrected chi connectivity index (χ2v) is 8.32. The van der Waals surface area contributed by atoms with Crippen molar-refractivity contribution in [3.8, 4) is 5.75 Å². The zero-order valence-corrected chi connectivity index (χ0v) is 16.9. The van der Waals surface area contributed by atoms with Gasteiger partial charge in [-0.05, 0) is 65.2 Å². The summed E-state index contributed by atoms with van der Waals surface area (Å²) in [6.45, 7) is 1.07. The lowest BCUT2D eigenvalue weighted by molar-refractivity contribution is -0.136. The minimum atomic E-state index is -0.541. The molecule has 0 atom stereocenters. The highest BCUT2D eigenvalue weighted by Gasteiger charge is 2.37. The van der Waals surface area contributed by atoms with E-state index in [0.29, 0.717) is 28.1 Å². The molecule has 138 valence electrons. The molecule has 6 nitrogen and oxygen atoms in total. The molecule has 0 aromatic heterocycles. The Morgan fingerprint density at radius 1 is 1.27 bits per heavy atom. The van der Waals surface area contributed by atoms with Crippen LogP contribution in [-0.2, 0) is 9.59 Å². The van der Waals surface area contributed by atoms with Crippen molar-refractivity contribution < 1.29 is 19.5 Å². The second kappa shape index (κ2) is 8.02. The summed E-state index contributed by atoms with van der Waals surface area (Å²) in [6, 6.07) is 3.02. The fraction of sp³-hybridized carbons (Fsp3) is 0.353. The molecule has 2 aliphatic heterocycles. The van der Waals surface area contributed by atoms with E-state index in [-0.39, 0.29) is 23.1 Å². The fourth-order valence-corrected chi connectivity index (χ4v) is 4.52. The molecule has 3 rings (SSSR count). The average molecular weight is 460 g/mol. The Morgan fingerprint density at radius 2 is 1.96 bits per heavy atom. The second-order valence-electron chi connectivity index (χ2n) is 6.03. The van der Waals surface area contributed by atoms with Crippen molar-refractivity contribution >= 4 is 62.4 Å². The van der Waals surface area contributed by atoms with Crippen molar-refractivity contribution in [2.45, 2.75) is 19.3 Å². The number of amides is 3. The molecule has 26 heavy (non-hydrogen) atoms. The third kappa shape index (κ3) is 4.07. The lowest BCUT2D eigenvalue weighted by Gasteiger charge is -2.27. The molecule has 0 unspecified atom stereocenters. The number of aromatic hydroxyl groups is 1. The van der Waals surface area contributed by atoms with E-state index in [4.69, 9.17) is 11.6 Å². The Kier molecular flexibility index (Phi) is 5.94. The summed E-state index contributed by atoms with van der Waals surface area (Å²) in [4.78, 5) is 39.8. The van der Waals surface area contributed by atoms with Crippen LogP contribution in [0.5, 0.6) is 5.75 Å². The van der Waals surface area contributed by atoms with E-state index in [1.165, 1.54) is 18.2 Å². The van der Waals surface area contributed by atoms with Gasteiger partial charge in [0, 0.05) is 23.7 Å². The molecule has 1 aromatic carbocycles. The van der Waals surface area contributed by atoms with Crippen molar-refractivity contribution in [2.24, 2.45) is 0 Å². The van der Waals surface area contributed by atoms with Gasteiger partial charge in [-0.3, -0.25) is 19.3 Å². The van der Waals surface area contributed by atoms with Gasteiger partial charge in [-0.1, -0.05) is 11.6 Å². The molecule has 1 N–H and O–H groups in total. The molecular weight excluding hydrogens is 444 g/mol. The highest BCUT2D eigenvalue weighted by atomic mass is 79.9. The van der Waals surface area contributed by atoms with Gasteiger partial charge in [-0.25, -0.2) is 0 Å². The number of hydrogen-bond acceptors (Lipinski definition) is 5. The maximum absolute atomic E-state index is 12.5. The van der Waals surface area contributed by atoms with Crippen molar-refractivity contribution in [1.29, 1.82) is 0 Å². The van der Waals surface area contributed by atoms with E-state index in [1.54, 1.807) is 4.90 Å². The number of hydrogen-bond donors (Lipinski definition) is 1. The van der Waals surface area contributed by atoms with Gasteiger partial charge in [0.1, 0.15) is 12.3 Å². The van der Waals surface area contributed by atoms with Crippen LogP contribution in [0.25, 0.3) is 6.08 Å². The number of phenols is 1. The summed E-state index contributed by atoms with van der Waals surface area (Å²) in [5, 5.41) is 9.97. The smallest absolute Gasteiger partial charge is 0.294 e. The number of likely N-dealkylation sites (tertiary alicyclic amines) is 1. The van der Waals surface area contributed by atoms with Crippen LogP contribution in [0, 0.1) is 0 Å². The van der Waals surface area contributed by atoms with Crippen LogP contribution in [0.15, 0.2) is 21.5 Å². The Hall–Kier alpha value is -1.51. The Bertz CT molecular complexity index is 808. The summed E-state index contributed by atoms with van der Waals surface area (Å²) < 4.78 is 0.385. The summed E-state index contributed by atoms with van der Waals surface area (Å²) in [5.74, 6) is -0.840. The number of carbonyl (C=O) groups is 3. The van der Waals surface area contributed by atoms with Gasteiger partial charge < -0.3 is 10.0 Å². The standard InChI is InChI=1S/C17H16BrClN2O4S/c18-12-8-11(19)6-10(15(12)23)7-13-16(24)21(17(25)26-13)9-14(22)20-4-2-1-3-5-20/h6-8,23H,1-5,9H2/b13-7-. The van der Waals surface area contributed by atoms with Crippen LogP contribution in [0.1, 0.15) is 24.8 Å². The third-order valence-corrected chi connectivity index (χ3v) is 5.95. The molecule has 0 radical (unpaired) electrons. The first-order valence-corrected chi connectivity index (χ1v) is 10.1. The number of piperidine rings is 1. The predicted octanol–water partition coefficient (Wildman–Crippen LogP) is 3.86. The molecule has 0 spiro atoms. The molecule has 0 saturated carbocycles. The normalized spacial score (nSPS) is 19.5. The first-order valence-electron chi connectivity index (χ1n) is 8.08. The fourth-order valence-electron chi connectivity index (χ4n) is 2.85. The van der Waals surface area contributed by atoms with Crippen LogP contribution in [0.2, 0.25) is 5.02 Å². The molecule has 9 heteroatoms. The van der Waals surface area contributed by atoms with Gasteiger partial charge >= 0.3 is 0 Å². The van der Waals surface area contributed by atoms with E-state index < -0.39 is 11.1 Å². The number of imide groups is 1. The number of phenolic OH excluding ortho intramolecular Hbond substituents is 1. The maximum Gasteiger partial charge on any atom is 0.294 e. The van der Waals surface area contributed by atoms with Crippen LogP contribution in [0.4, 0.5) is 4.79 Å². The molecule has 3 amide bonds. The molecule has 0 aliphatic carbocycles. The summed E-state index contributed by atoms with van der Waals surface area (Å²) in [7, 11) is 0. The molecule has 1 aromatic rings. The number of thioether (sulfide) groups is 1. The number of rotatable bonds is 3. The highest BCUT2D eigenvalue weighted by Crippen LogP contribution is 2.37. The van der Waals surface area contributed by atoms with E-state index in [1.807, 2.05) is 0 Å². The van der Waals surface area contributed by atoms with Crippen LogP contribution < -0.4 is 0 Å². The molecule has 2 saturated heterocycles. The van der Waals surface area contributed by atoms with Crippen molar-refractivity contribution in [1.82, 2.24) is 9.80 Å². The first kappa shape index (κ1) is 19.3. The number of carbonyl (C=O) groups excluding carboxylic acids is 3. The molecular formula is C17H16BrClN2O4S. The van der Waals surface area contributed by atoms with Gasteiger partial charge in [0.2, 0.25) is 5.91 Å². The number of benzene rings is 1.